The molecule has 2 aromatic rings. The van der Waals surface area contributed by atoms with Crippen molar-refractivity contribution in [2.45, 2.75) is 26.4 Å². The van der Waals surface area contributed by atoms with Crippen molar-refractivity contribution in [1.29, 1.82) is 0 Å². The average molecular weight is 260 g/mol. The summed E-state index contributed by atoms with van der Waals surface area (Å²) < 4.78 is 7.18. The first-order valence-electron chi connectivity index (χ1n) is 6.53. The molecule has 0 saturated heterocycles. The van der Waals surface area contributed by atoms with Gasteiger partial charge in [-0.2, -0.15) is 0 Å². The van der Waals surface area contributed by atoms with Crippen molar-refractivity contribution in [2.24, 2.45) is 0 Å². The molecule has 0 bridgehead atoms. The lowest BCUT2D eigenvalue weighted by Crippen LogP contribution is -2.19. The Bertz CT molecular complexity index is 492. The average Bonchev–Trinajstić information content (AvgIpc) is 2.91. The number of hydrogen-bond acceptors (Lipinski definition) is 4. The van der Waals surface area contributed by atoms with Crippen LogP contribution in [0.1, 0.15) is 18.3 Å². The van der Waals surface area contributed by atoms with E-state index in [1.807, 2.05) is 16.7 Å². The van der Waals surface area contributed by atoms with Gasteiger partial charge in [0.25, 0.3) is 0 Å². The maximum Gasteiger partial charge on any atom is 0.146 e. The van der Waals surface area contributed by atoms with Crippen molar-refractivity contribution in [3.63, 3.8) is 0 Å². The molecule has 0 amide bonds. The molecule has 0 aliphatic rings. The number of hydrogen-bond donors (Lipinski definition) is 1. The molecule has 0 saturated carbocycles. The van der Waals surface area contributed by atoms with Gasteiger partial charge >= 0.3 is 0 Å². The van der Waals surface area contributed by atoms with Gasteiger partial charge in [-0.25, -0.2) is 0 Å². The Morgan fingerprint density at radius 3 is 2.74 bits per heavy atom. The molecule has 5 nitrogen and oxygen atoms in total. The second-order valence-corrected chi connectivity index (χ2v) is 4.31. The van der Waals surface area contributed by atoms with E-state index < -0.39 is 0 Å². The minimum absolute atomic E-state index is 0.754. The third kappa shape index (κ3) is 3.79. The summed E-state index contributed by atoms with van der Waals surface area (Å²) in [7, 11) is 1.68. The Labute approximate surface area is 113 Å². The summed E-state index contributed by atoms with van der Waals surface area (Å²) in [4.78, 5) is 0. The maximum atomic E-state index is 5.14. The fraction of sp³-hybridized carbons (Fsp3) is 0.429. The molecular weight excluding hydrogens is 240 g/mol. The molecule has 0 spiro atoms. The molecule has 5 heteroatoms. The SMILES string of the molecule is CCn1cnnc1CNCCc1ccc(OC)cc1. The Balaban J connectivity index is 1.74. The first-order chi connectivity index (χ1) is 9.33. The third-order valence-electron chi connectivity index (χ3n) is 3.07. The van der Waals surface area contributed by atoms with Crippen molar-refractivity contribution in [1.82, 2.24) is 20.1 Å². The lowest BCUT2D eigenvalue weighted by molar-refractivity contribution is 0.414. The van der Waals surface area contributed by atoms with Crippen LogP contribution in [0.5, 0.6) is 5.75 Å². The predicted octanol–water partition coefficient (Wildman–Crippen LogP) is 1.64. The molecule has 1 aromatic heterocycles. The summed E-state index contributed by atoms with van der Waals surface area (Å²) in [5, 5.41) is 11.4. The van der Waals surface area contributed by atoms with Crippen LogP contribution in [-0.2, 0) is 19.5 Å². The van der Waals surface area contributed by atoms with E-state index in [0.717, 1.165) is 37.6 Å². The Hall–Kier alpha value is -1.88. The molecule has 0 unspecified atom stereocenters. The fourth-order valence-electron chi connectivity index (χ4n) is 1.91. The zero-order chi connectivity index (χ0) is 13.5. The van der Waals surface area contributed by atoms with Crippen LogP contribution < -0.4 is 10.1 Å². The standard InChI is InChI=1S/C14H20N4O/c1-3-18-11-16-17-14(18)10-15-9-8-12-4-6-13(19-2)7-5-12/h4-7,11,15H,3,8-10H2,1-2H3. The molecule has 102 valence electrons. The van der Waals surface area contributed by atoms with Crippen LogP contribution in [0.2, 0.25) is 0 Å². The monoisotopic (exact) mass is 260 g/mol. The van der Waals surface area contributed by atoms with E-state index in [0.29, 0.717) is 0 Å². The number of methoxy groups -OCH3 is 1. The van der Waals surface area contributed by atoms with Gasteiger partial charge in [0, 0.05) is 6.54 Å². The number of nitrogens with zero attached hydrogens (tertiary/aromatic N) is 3. The Morgan fingerprint density at radius 2 is 2.05 bits per heavy atom. The van der Waals surface area contributed by atoms with Crippen molar-refractivity contribution in [3.05, 3.63) is 42.0 Å². The van der Waals surface area contributed by atoms with Gasteiger partial charge in [0.1, 0.15) is 17.9 Å². The topological polar surface area (TPSA) is 52.0 Å². The van der Waals surface area contributed by atoms with Crippen LogP contribution in [0.15, 0.2) is 30.6 Å². The number of nitrogens with one attached hydrogen (secondary N) is 1. The van der Waals surface area contributed by atoms with E-state index in [1.54, 1.807) is 13.4 Å². The number of benzene rings is 1. The highest BCUT2D eigenvalue weighted by Crippen LogP contribution is 2.11. The summed E-state index contributed by atoms with van der Waals surface area (Å²) in [6.45, 7) is 4.67. The summed E-state index contributed by atoms with van der Waals surface area (Å²) in [6.07, 6.45) is 2.75. The van der Waals surface area contributed by atoms with Crippen molar-refractivity contribution in [3.8, 4) is 5.75 Å². The zero-order valence-corrected chi connectivity index (χ0v) is 11.5. The van der Waals surface area contributed by atoms with E-state index >= 15 is 0 Å². The minimum Gasteiger partial charge on any atom is -0.497 e. The summed E-state index contributed by atoms with van der Waals surface area (Å²) in [5.41, 5.74) is 1.30. The molecule has 1 heterocycles. The Morgan fingerprint density at radius 1 is 1.26 bits per heavy atom. The summed E-state index contributed by atoms with van der Waals surface area (Å²) >= 11 is 0. The Kier molecular flexibility index (Phi) is 4.92. The highest BCUT2D eigenvalue weighted by atomic mass is 16.5. The second kappa shape index (κ2) is 6.89. The van der Waals surface area contributed by atoms with Crippen molar-refractivity contribution < 1.29 is 4.74 Å². The zero-order valence-electron chi connectivity index (χ0n) is 11.5. The van der Waals surface area contributed by atoms with Crippen LogP contribution in [0.4, 0.5) is 0 Å². The quantitative estimate of drug-likeness (QED) is 0.769. The molecule has 0 atom stereocenters. The normalized spacial score (nSPS) is 10.6. The lowest BCUT2D eigenvalue weighted by Gasteiger charge is -2.06. The first kappa shape index (κ1) is 13.5. The van der Waals surface area contributed by atoms with Crippen LogP contribution in [-0.4, -0.2) is 28.4 Å². The molecule has 0 aliphatic carbocycles. The van der Waals surface area contributed by atoms with Gasteiger partial charge in [-0.3, -0.25) is 0 Å². The second-order valence-electron chi connectivity index (χ2n) is 4.31. The van der Waals surface area contributed by atoms with Crippen LogP contribution in [0, 0.1) is 0 Å². The van der Waals surface area contributed by atoms with Crippen LogP contribution in [0.25, 0.3) is 0 Å². The molecule has 0 fully saturated rings. The number of aromatic nitrogens is 3. The van der Waals surface area contributed by atoms with Gasteiger partial charge < -0.3 is 14.6 Å². The minimum atomic E-state index is 0.754. The van der Waals surface area contributed by atoms with Gasteiger partial charge in [0.2, 0.25) is 0 Å². The first-order valence-corrected chi connectivity index (χ1v) is 6.53. The molecule has 1 aromatic carbocycles. The number of ether oxygens (including phenoxy) is 1. The van der Waals surface area contributed by atoms with E-state index in [1.165, 1.54) is 5.56 Å². The van der Waals surface area contributed by atoms with Gasteiger partial charge in [0.05, 0.1) is 13.7 Å². The van der Waals surface area contributed by atoms with Crippen LogP contribution >= 0.6 is 0 Å². The fourth-order valence-corrected chi connectivity index (χ4v) is 1.91. The van der Waals surface area contributed by atoms with Crippen molar-refractivity contribution >= 4 is 0 Å². The molecule has 2 rings (SSSR count). The highest BCUT2D eigenvalue weighted by Gasteiger charge is 2.01. The predicted molar refractivity (Wildman–Crippen MR) is 74.1 cm³/mol. The molecule has 1 N–H and O–H groups in total. The van der Waals surface area contributed by atoms with E-state index in [-0.39, 0.29) is 0 Å². The smallest absolute Gasteiger partial charge is 0.146 e. The lowest BCUT2D eigenvalue weighted by atomic mass is 10.1. The van der Waals surface area contributed by atoms with E-state index in [4.69, 9.17) is 4.74 Å². The maximum absolute atomic E-state index is 5.14. The molecule has 19 heavy (non-hydrogen) atoms. The number of rotatable bonds is 7. The highest BCUT2D eigenvalue weighted by molar-refractivity contribution is 5.27. The van der Waals surface area contributed by atoms with Gasteiger partial charge in [-0.05, 0) is 37.6 Å². The number of aryl methyl sites for hydroxylation is 1. The van der Waals surface area contributed by atoms with Gasteiger partial charge in [0.15, 0.2) is 0 Å². The van der Waals surface area contributed by atoms with Crippen LogP contribution in [0.3, 0.4) is 0 Å². The van der Waals surface area contributed by atoms with Crippen molar-refractivity contribution in [2.75, 3.05) is 13.7 Å². The molecule has 0 aliphatic heterocycles. The van der Waals surface area contributed by atoms with E-state index in [2.05, 4.69) is 34.6 Å². The van der Waals surface area contributed by atoms with Gasteiger partial charge in [-0.1, -0.05) is 12.1 Å². The summed E-state index contributed by atoms with van der Waals surface area (Å²) in [6, 6.07) is 8.16. The largest absolute Gasteiger partial charge is 0.497 e. The molecule has 0 radical (unpaired) electrons. The van der Waals surface area contributed by atoms with E-state index in [9.17, 15) is 0 Å². The van der Waals surface area contributed by atoms with Gasteiger partial charge in [-0.15, -0.1) is 10.2 Å². The summed E-state index contributed by atoms with van der Waals surface area (Å²) in [5.74, 6) is 1.88. The third-order valence-corrected chi connectivity index (χ3v) is 3.07. The molecular formula is C14H20N4O.